The minimum absolute atomic E-state index is 0.194. The van der Waals surface area contributed by atoms with E-state index < -0.39 is 30.0 Å². The summed E-state index contributed by atoms with van der Waals surface area (Å²) in [5.41, 5.74) is -1.18. The van der Waals surface area contributed by atoms with Gasteiger partial charge in [-0.05, 0) is 25.5 Å². The summed E-state index contributed by atoms with van der Waals surface area (Å²) in [6, 6.07) is 5.10. The fourth-order valence-electron chi connectivity index (χ4n) is 3.43. The summed E-state index contributed by atoms with van der Waals surface area (Å²) in [5, 5.41) is 36.9. The van der Waals surface area contributed by atoms with Crippen LogP contribution < -0.4 is 5.32 Å². The molecule has 1 aliphatic rings. The molecule has 3 heterocycles. The minimum Gasteiger partial charge on any atom is -0.449 e. The number of nitrogens with zero attached hydrogens (tertiary/aromatic N) is 4. The molecule has 2 aromatic heterocycles. The zero-order valence-corrected chi connectivity index (χ0v) is 16.4. The average Bonchev–Trinajstić information content (AvgIpc) is 3.24. The first kappa shape index (κ1) is 21.0. The van der Waals surface area contributed by atoms with E-state index in [9.17, 15) is 20.3 Å². The highest BCUT2D eigenvalue weighted by molar-refractivity contribution is 5.88. The number of fused-ring (bicyclic) bond motifs is 1. The maximum Gasteiger partial charge on any atom is 0.412 e. The lowest BCUT2D eigenvalue weighted by atomic mass is 9.93. The molecule has 1 saturated heterocycles. The molecule has 1 amide bonds. The fraction of sp³-hybridized carbons (Fsp3) is 0.579. The first-order valence-corrected chi connectivity index (χ1v) is 9.66. The van der Waals surface area contributed by atoms with E-state index in [4.69, 9.17) is 9.47 Å². The van der Waals surface area contributed by atoms with Crippen molar-refractivity contribution in [2.24, 2.45) is 0 Å². The molecule has 3 rings (SSSR count). The number of aliphatic hydroxyl groups excluding tert-OH is 2. The Labute approximate surface area is 168 Å². The van der Waals surface area contributed by atoms with Crippen LogP contribution in [-0.2, 0) is 15.1 Å². The maximum atomic E-state index is 12.1. The summed E-state index contributed by atoms with van der Waals surface area (Å²) in [7, 11) is 0. The molecule has 0 bridgehead atoms. The van der Waals surface area contributed by atoms with Crippen molar-refractivity contribution >= 4 is 17.4 Å². The Bertz CT molecular complexity index is 910. The Balaban J connectivity index is 1.81. The van der Waals surface area contributed by atoms with Crippen molar-refractivity contribution in [3.8, 4) is 6.07 Å². The SMILES string of the molecule is CCCCCCOC(=O)Nc1ncnn2c([C@]3(C#N)O[C@H](C)[C@@H](O)[C@H]3O)ccc12. The van der Waals surface area contributed by atoms with Crippen LogP contribution in [0.25, 0.3) is 5.52 Å². The van der Waals surface area contributed by atoms with Gasteiger partial charge < -0.3 is 19.7 Å². The van der Waals surface area contributed by atoms with Crippen LogP contribution in [0, 0.1) is 11.3 Å². The molecular weight excluding hydrogens is 378 g/mol. The monoisotopic (exact) mass is 403 g/mol. The molecule has 0 unspecified atom stereocenters. The van der Waals surface area contributed by atoms with Gasteiger partial charge in [0, 0.05) is 0 Å². The van der Waals surface area contributed by atoms with Crippen LogP contribution in [0.1, 0.15) is 45.2 Å². The molecule has 0 aromatic carbocycles. The third kappa shape index (κ3) is 3.89. The quantitative estimate of drug-likeness (QED) is 0.593. The van der Waals surface area contributed by atoms with E-state index in [0.29, 0.717) is 12.1 Å². The van der Waals surface area contributed by atoms with Gasteiger partial charge in [-0.1, -0.05) is 26.2 Å². The molecule has 0 spiro atoms. The minimum atomic E-state index is -1.79. The second kappa shape index (κ2) is 8.73. The standard InChI is InChI=1S/C19H25N5O5/c1-3-4-5-6-9-28-18(27)23-17-13-7-8-14(24(13)22-11-21-17)19(10-20)16(26)15(25)12(2)29-19/h7-8,11-12,15-16,25-26H,3-6,9H2,1-2H3,(H,21,22,23,27)/t12-,15-,16-,19+/m1/s1. The first-order valence-electron chi connectivity index (χ1n) is 9.66. The van der Waals surface area contributed by atoms with E-state index in [0.717, 1.165) is 25.7 Å². The van der Waals surface area contributed by atoms with Crippen LogP contribution in [-0.4, -0.2) is 55.8 Å². The van der Waals surface area contributed by atoms with E-state index in [1.165, 1.54) is 10.8 Å². The lowest BCUT2D eigenvalue weighted by Gasteiger charge is -2.24. The summed E-state index contributed by atoms with van der Waals surface area (Å²) in [4.78, 5) is 16.1. The number of amides is 1. The van der Waals surface area contributed by atoms with E-state index in [1.807, 2.05) is 6.07 Å². The van der Waals surface area contributed by atoms with E-state index in [-0.39, 0.29) is 11.5 Å². The molecule has 4 atom stereocenters. The smallest absolute Gasteiger partial charge is 0.412 e. The Kier molecular flexibility index (Phi) is 6.32. The summed E-state index contributed by atoms with van der Waals surface area (Å²) in [6.07, 6.45) is 1.12. The molecule has 10 heteroatoms. The molecule has 1 aliphatic heterocycles. The van der Waals surface area contributed by atoms with E-state index >= 15 is 0 Å². The van der Waals surface area contributed by atoms with Gasteiger partial charge in [-0.3, -0.25) is 5.32 Å². The fourth-order valence-corrected chi connectivity index (χ4v) is 3.43. The average molecular weight is 403 g/mol. The Hall–Kier alpha value is -2.74. The number of aliphatic hydroxyl groups is 2. The number of hydrogen-bond acceptors (Lipinski definition) is 8. The van der Waals surface area contributed by atoms with Crippen LogP contribution in [0.2, 0.25) is 0 Å². The third-order valence-corrected chi connectivity index (χ3v) is 5.04. The second-order valence-electron chi connectivity index (χ2n) is 7.05. The highest BCUT2D eigenvalue weighted by Crippen LogP contribution is 2.40. The highest BCUT2D eigenvalue weighted by atomic mass is 16.6. The van der Waals surface area contributed by atoms with Crippen LogP contribution in [0.5, 0.6) is 0 Å². The van der Waals surface area contributed by atoms with Crippen molar-refractivity contribution in [1.82, 2.24) is 14.6 Å². The third-order valence-electron chi connectivity index (χ3n) is 5.04. The van der Waals surface area contributed by atoms with Gasteiger partial charge >= 0.3 is 6.09 Å². The number of anilines is 1. The Morgan fingerprint density at radius 3 is 2.86 bits per heavy atom. The Morgan fingerprint density at radius 1 is 1.41 bits per heavy atom. The second-order valence-corrected chi connectivity index (χ2v) is 7.05. The number of unbranched alkanes of at least 4 members (excludes halogenated alkanes) is 3. The molecule has 0 saturated carbocycles. The van der Waals surface area contributed by atoms with Gasteiger partial charge in [0.2, 0.25) is 5.60 Å². The molecule has 2 aromatic rings. The van der Waals surface area contributed by atoms with Crippen LogP contribution >= 0.6 is 0 Å². The van der Waals surface area contributed by atoms with Crippen molar-refractivity contribution < 1.29 is 24.5 Å². The van der Waals surface area contributed by atoms with Gasteiger partial charge in [0.1, 0.15) is 30.1 Å². The highest BCUT2D eigenvalue weighted by Gasteiger charge is 2.56. The zero-order valence-electron chi connectivity index (χ0n) is 16.4. The van der Waals surface area contributed by atoms with E-state index in [2.05, 4.69) is 22.3 Å². The van der Waals surface area contributed by atoms with Crippen LogP contribution in [0.15, 0.2) is 18.5 Å². The number of nitriles is 1. The van der Waals surface area contributed by atoms with E-state index in [1.54, 1.807) is 19.1 Å². The summed E-state index contributed by atoms with van der Waals surface area (Å²) >= 11 is 0. The normalized spacial score (nSPS) is 26.4. The maximum absolute atomic E-state index is 12.1. The molecule has 1 fully saturated rings. The lowest BCUT2D eigenvalue weighted by molar-refractivity contribution is -0.0457. The zero-order chi connectivity index (χ0) is 21.0. The largest absolute Gasteiger partial charge is 0.449 e. The molecule has 0 radical (unpaired) electrons. The topological polar surface area (TPSA) is 142 Å². The number of nitrogens with one attached hydrogen (secondary N) is 1. The summed E-state index contributed by atoms with van der Waals surface area (Å²) < 4.78 is 12.1. The number of aromatic nitrogens is 3. The molecule has 3 N–H and O–H groups in total. The number of hydrogen-bond donors (Lipinski definition) is 3. The van der Waals surface area contributed by atoms with Gasteiger partial charge in [0.25, 0.3) is 0 Å². The van der Waals surface area contributed by atoms with Gasteiger partial charge in [0.05, 0.1) is 18.4 Å². The molecule has 0 aliphatic carbocycles. The molecule has 29 heavy (non-hydrogen) atoms. The lowest BCUT2D eigenvalue weighted by Crippen LogP contribution is -2.40. The number of ether oxygens (including phenoxy) is 2. The molecule has 10 nitrogen and oxygen atoms in total. The first-order chi connectivity index (χ1) is 13.9. The van der Waals surface area contributed by atoms with Crippen LogP contribution in [0.4, 0.5) is 10.6 Å². The Morgan fingerprint density at radius 2 is 2.21 bits per heavy atom. The predicted octanol–water partition coefficient (Wildman–Crippen LogP) is 1.72. The van der Waals surface area contributed by atoms with Gasteiger partial charge in [-0.25, -0.2) is 14.3 Å². The summed E-state index contributed by atoms with van der Waals surface area (Å²) in [5.74, 6) is 0.194. The van der Waals surface area contributed by atoms with Gasteiger partial charge in [0.15, 0.2) is 5.82 Å². The van der Waals surface area contributed by atoms with Gasteiger partial charge in [-0.15, -0.1) is 0 Å². The number of rotatable bonds is 7. The predicted molar refractivity (Wildman–Crippen MR) is 102 cm³/mol. The van der Waals surface area contributed by atoms with Crippen molar-refractivity contribution in [3.63, 3.8) is 0 Å². The number of carbonyl (C=O) groups is 1. The van der Waals surface area contributed by atoms with Crippen molar-refractivity contribution in [1.29, 1.82) is 5.26 Å². The van der Waals surface area contributed by atoms with Crippen molar-refractivity contribution in [3.05, 3.63) is 24.2 Å². The molecular formula is C19H25N5O5. The molecule has 156 valence electrons. The number of carbonyl (C=O) groups excluding carboxylic acids is 1. The van der Waals surface area contributed by atoms with Crippen LogP contribution in [0.3, 0.4) is 0 Å². The van der Waals surface area contributed by atoms with Gasteiger partial charge in [-0.2, -0.15) is 10.4 Å². The summed E-state index contributed by atoms with van der Waals surface area (Å²) in [6.45, 7) is 3.99. The van der Waals surface area contributed by atoms with Crippen molar-refractivity contribution in [2.45, 2.75) is 63.4 Å². The van der Waals surface area contributed by atoms with Crippen molar-refractivity contribution in [2.75, 3.05) is 11.9 Å².